The third-order valence-electron chi connectivity index (χ3n) is 3.25. The SMILES string of the molecule is CCCNC(CSCC(O)CO)c1ccc(C)cc1C. The van der Waals surface area contributed by atoms with Gasteiger partial charge in [0.1, 0.15) is 0 Å². The van der Waals surface area contributed by atoms with Crippen molar-refractivity contribution in [2.45, 2.75) is 39.3 Å². The van der Waals surface area contributed by atoms with Gasteiger partial charge >= 0.3 is 0 Å². The first-order chi connectivity index (χ1) is 9.58. The highest BCUT2D eigenvalue weighted by Crippen LogP contribution is 2.23. The van der Waals surface area contributed by atoms with E-state index in [-0.39, 0.29) is 6.61 Å². The molecule has 0 aliphatic carbocycles. The highest BCUT2D eigenvalue weighted by atomic mass is 32.2. The monoisotopic (exact) mass is 297 g/mol. The van der Waals surface area contributed by atoms with E-state index < -0.39 is 6.10 Å². The van der Waals surface area contributed by atoms with E-state index in [0.717, 1.165) is 18.7 Å². The zero-order chi connectivity index (χ0) is 15.0. The van der Waals surface area contributed by atoms with Gasteiger partial charge in [0.15, 0.2) is 0 Å². The summed E-state index contributed by atoms with van der Waals surface area (Å²) in [6.45, 7) is 7.24. The molecular weight excluding hydrogens is 270 g/mol. The third kappa shape index (κ3) is 5.83. The summed E-state index contributed by atoms with van der Waals surface area (Å²) in [6, 6.07) is 6.85. The summed E-state index contributed by atoms with van der Waals surface area (Å²) in [4.78, 5) is 0. The average Bonchev–Trinajstić information content (AvgIpc) is 2.43. The minimum atomic E-state index is -0.620. The van der Waals surface area contributed by atoms with Gasteiger partial charge in [-0.1, -0.05) is 30.7 Å². The Morgan fingerprint density at radius 1 is 1.25 bits per heavy atom. The lowest BCUT2D eigenvalue weighted by Gasteiger charge is -2.21. The van der Waals surface area contributed by atoms with Gasteiger partial charge in [-0.3, -0.25) is 0 Å². The summed E-state index contributed by atoms with van der Waals surface area (Å²) in [5, 5.41) is 21.8. The quantitative estimate of drug-likeness (QED) is 0.655. The normalized spacial score (nSPS) is 14.2. The number of nitrogens with one attached hydrogen (secondary N) is 1. The van der Waals surface area contributed by atoms with E-state index in [0.29, 0.717) is 11.8 Å². The lowest BCUT2D eigenvalue weighted by molar-refractivity contribution is 0.113. The van der Waals surface area contributed by atoms with Crippen LogP contribution < -0.4 is 5.32 Å². The highest BCUT2D eigenvalue weighted by Gasteiger charge is 2.14. The molecule has 0 aromatic heterocycles. The summed E-state index contributed by atoms with van der Waals surface area (Å²) in [6.07, 6.45) is 0.483. The van der Waals surface area contributed by atoms with Crippen molar-refractivity contribution in [3.8, 4) is 0 Å². The fourth-order valence-corrected chi connectivity index (χ4v) is 3.22. The predicted octanol–water partition coefficient (Wildman–Crippen LogP) is 2.43. The molecule has 0 saturated heterocycles. The average molecular weight is 297 g/mol. The molecule has 0 aliphatic heterocycles. The van der Waals surface area contributed by atoms with Crippen LogP contribution in [0.1, 0.15) is 36.1 Å². The molecule has 1 rings (SSSR count). The van der Waals surface area contributed by atoms with Gasteiger partial charge in [-0.05, 0) is 37.9 Å². The number of aryl methyl sites for hydroxylation is 2. The fourth-order valence-electron chi connectivity index (χ4n) is 2.17. The van der Waals surface area contributed by atoms with E-state index in [1.807, 2.05) is 0 Å². The number of rotatable bonds is 9. The standard InChI is InChI=1S/C16H27NO2S/c1-4-7-17-16(11-20-10-14(19)9-18)15-6-5-12(2)8-13(15)3/h5-6,8,14,16-19H,4,7,9-11H2,1-3H3. The Kier molecular flexibility index (Phi) is 8.22. The molecule has 2 unspecified atom stereocenters. The Bertz CT molecular complexity index is 398. The lowest BCUT2D eigenvalue weighted by Crippen LogP contribution is -2.26. The molecule has 3 N–H and O–H groups in total. The number of thioether (sulfide) groups is 1. The maximum absolute atomic E-state index is 9.42. The first kappa shape index (κ1) is 17.5. The van der Waals surface area contributed by atoms with Crippen molar-refractivity contribution in [2.24, 2.45) is 0 Å². The zero-order valence-corrected chi connectivity index (χ0v) is 13.5. The van der Waals surface area contributed by atoms with Crippen LogP contribution in [0.25, 0.3) is 0 Å². The molecule has 2 atom stereocenters. The molecule has 0 spiro atoms. The van der Waals surface area contributed by atoms with E-state index in [4.69, 9.17) is 5.11 Å². The zero-order valence-electron chi connectivity index (χ0n) is 12.7. The van der Waals surface area contributed by atoms with Crippen molar-refractivity contribution >= 4 is 11.8 Å². The molecular formula is C16H27NO2S. The van der Waals surface area contributed by atoms with Crippen LogP contribution in [0.3, 0.4) is 0 Å². The molecule has 0 aliphatic rings. The van der Waals surface area contributed by atoms with Crippen molar-refractivity contribution < 1.29 is 10.2 Å². The molecule has 0 heterocycles. The van der Waals surface area contributed by atoms with Crippen LogP contribution in [0.2, 0.25) is 0 Å². The van der Waals surface area contributed by atoms with Gasteiger partial charge in [0.2, 0.25) is 0 Å². The summed E-state index contributed by atoms with van der Waals surface area (Å²) in [5.74, 6) is 1.48. The lowest BCUT2D eigenvalue weighted by atomic mass is 10.00. The van der Waals surface area contributed by atoms with E-state index >= 15 is 0 Å². The molecule has 0 radical (unpaired) electrons. The summed E-state index contributed by atoms with van der Waals surface area (Å²) in [7, 11) is 0. The van der Waals surface area contributed by atoms with Crippen LogP contribution in [0.4, 0.5) is 0 Å². The van der Waals surface area contributed by atoms with Gasteiger partial charge in [-0.15, -0.1) is 0 Å². The van der Waals surface area contributed by atoms with Crippen molar-refractivity contribution in [1.29, 1.82) is 0 Å². The minimum absolute atomic E-state index is 0.163. The Balaban J connectivity index is 2.67. The van der Waals surface area contributed by atoms with Crippen LogP contribution in [0, 0.1) is 13.8 Å². The first-order valence-electron chi connectivity index (χ1n) is 7.25. The van der Waals surface area contributed by atoms with Crippen molar-refractivity contribution in [1.82, 2.24) is 5.32 Å². The Morgan fingerprint density at radius 2 is 2.00 bits per heavy atom. The Morgan fingerprint density at radius 3 is 2.60 bits per heavy atom. The summed E-state index contributed by atoms with van der Waals surface area (Å²) in [5.41, 5.74) is 3.92. The molecule has 0 bridgehead atoms. The fraction of sp³-hybridized carbons (Fsp3) is 0.625. The van der Waals surface area contributed by atoms with Gasteiger partial charge in [-0.25, -0.2) is 0 Å². The summed E-state index contributed by atoms with van der Waals surface area (Å²) >= 11 is 1.68. The van der Waals surface area contributed by atoms with E-state index in [1.54, 1.807) is 11.8 Å². The Labute approximate surface area is 126 Å². The number of aliphatic hydroxyl groups is 2. The van der Waals surface area contributed by atoms with Gasteiger partial charge in [-0.2, -0.15) is 11.8 Å². The molecule has 4 heteroatoms. The number of hydrogen-bond donors (Lipinski definition) is 3. The largest absolute Gasteiger partial charge is 0.394 e. The van der Waals surface area contributed by atoms with Gasteiger partial charge in [0, 0.05) is 17.5 Å². The van der Waals surface area contributed by atoms with Crippen LogP contribution in [-0.4, -0.2) is 41.0 Å². The molecule has 114 valence electrons. The predicted molar refractivity (Wildman–Crippen MR) is 87.4 cm³/mol. The van der Waals surface area contributed by atoms with Crippen molar-refractivity contribution in [3.63, 3.8) is 0 Å². The second-order valence-corrected chi connectivity index (χ2v) is 6.32. The molecule has 1 aromatic rings. The maximum atomic E-state index is 9.42. The molecule has 0 amide bonds. The minimum Gasteiger partial charge on any atom is -0.394 e. The van der Waals surface area contributed by atoms with Crippen LogP contribution in [-0.2, 0) is 0 Å². The highest BCUT2D eigenvalue weighted by molar-refractivity contribution is 7.99. The molecule has 3 nitrogen and oxygen atoms in total. The topological polar surface area (TPSA) is 52.5 Å². The summed E-state index contributed by atoms with van der Waals surface area (Å²) < 4.78 is 0. The van der Waals surface area contributed by atoms with Gasteiger partial charge in [0.25, 0.3) is 0 Å². The molecule has 0 saturated carbocycles. The first-order valence-corrected chi connectivity index (χ1v) is 8.41. The third-order valence-corrected chi connectivity index (χ3v) is 4.44. The number of benzene rings is 1. The smallest absolute Gasteiger partial charge is 0.0861 e. The van der Waals surface area contributed by atoms with Gasteiger partial charge in [0.05, 0.1) is 12.7 Å². The van der Waals surface area contributed by atoms with E-state index in [2.05, 4.69) is 44.3 Å². The van der Waals surface area contributed by atoms with E-state index in [1.165, 1.54) is 16.7 Å². The van der Waals surface area contributed by atoms with Crippen molar-refractivity contribution in [2.75, 3.05) is 24.7 Å². The maximum Gasteiger partial charge on any atom is 0.0861 e. The van der Waals surface area contributed by atoms with Crippen LogP contribution in [0.15, 0.2) is 18.2 Å². The molecule has 20 heavy (non-hydrogen) atoms. The van der Waals surface area contributed by atoms with Crippen LogP contribution >= 0.6 is 11.8 Å². The molecule has 1 aromatic carbocycles. The second kappa shape index (κ2) is 9.40. The second-order valence-electron chi connectivity index (χ2n) is 5.24. The van der Waals surface area contributed by atoms with Crippen LogP contribution in [0.5, 0.6) is 0 Å². The van der Waals surface area contributed by atoms with E-state index in [9.17, 15) is 5.11 Å². The number of hydrogen-bond acceptors (Lipinski definition) is 4. The Hall–Kier alpha value is -0.550. The number of aliphatic hydroxyl groups excluding tert-OH is 2. The van der Waals surface area contributed by atoms with Gasteiger partial charge < -0.3 is 15.5 Å². The van der Waals surface area contributed by atoms with Crippen molar-refractivity contribution in [3.05, 3.63) is 34.9 Å². The molecule has 0 fully saturated rings.